The maximum absolute atomic E-state index is 12.0. The molecule has 0 bridgehead atoms. The van der Waals surface area contributed by atoms with Crippen molar-refractivity contribution in [2.45, 2.75) is 32.6 Å². The average molecular weight is 835 g/mol. The van der Waals surface area contributed by atoms with Gasteiger partial charge in [-0.15, -0.1) is 6.58 Å². The molecule has 0 fully saturated rings. The Hall–Kier alpha value is -8.94. The van der Waals surface area contributed by atoms with Crippen molar-refractivity contribution in [2.75, 3.05) is 0 Å². The smallest absolute Gasteiger partial charge is 0.101 e. The van der Waals surface area contributed by atoms with Crippen LogP contribution in [0.5, 0.6) is 0 Å². The van der Waals surface area contributed by atoms with E-state index < -0.39 is 0 Å². The summed E-state index contributed by atoms with van der Waals surface area (Å²) in [7, 11) is 0. The molecule has 2 aromatic heterocycles. The molecular formula is C59H42N6. The summed E-state index contributed by atoms with van der Waals surface area (Å²) < 4.78 is 4.64. The number of benzene rings is 6. The van der Waals surface area contributed by atoms with Gasteiger partial charge in [-0.2, -0.15) is 21.0 Å². The Bertz CT molecular complexity index is 3460. The van der Waals surface area contributed by atoms with Crippen LogP contribution in [-0.2, 0) is 12.8 Å². The van der Waals surface area contributed by atoms with Gasteiger partial charge in [0, 0.05) is 33.2 Å². The Labute approximate surface area is 379 Å². The topological polar surface area (TPSA) is 105 Å². The predicted molar refractivity (Wildman–Crippen MR) is 264 cm³/mol. The number of nitrogens with zero attached hydrogens (tertiary/aromatic N) is 6. The molecule has 65 heavy (non-hydrogen) atoms. The van der Waals surface area contributed by atoms with Crippen molar-refractivity contribution in [3.63, 3.8) is 0 Å². The molecule has 0 N–H and O–H groups in total. The van der Waals surface area contributed by atoms with Crippen LogP contribution >= 0.6 is 0 Å². The van der Waals surface area contributed by atoms with Gasteiger partial charge in [0.05, 0.1) is 68.6 Å². The zero-order chi connectivity index (χ0) is 44.9. The van der Waals surface area contributed by atoms with Crippen molar-refractivity contribution < 1.29 is 0 Å². The molecule has 0 saturated carbocycles. The lowest BCUT2D eigenvalue weighted by molar-refractivity contribution is 1.04. The standard InChI is InChI=1S/C59H42N6/c1-3-5-10-20-51-46(4-2)47-18-13-15-22-52(47)64(51)58-55(43-30-24-40(36-60)25-31-43)50(39-63)56(44-32-26-41(37-61)27-33-44)59(57(58)45-34-28-42(38-62)29-35-45)65-53-21-12-9-7-6-8-11-17-48(53)49-19-14-16-23-54(49)65/h3,6-8,10-16,18-35H,1,4-5,9,17H2,2H3/b7-6-,11-8-,20-10-,21-12-. The molecule has 6 heteroatoms. The van der Waals surface area contributed by atoms with E-state index in [0.717, 1.165) is 90.8 Å². The Kier molecular flexibility index (Phi) is 11.6. The molecule has 2 heterocycles. The fourth-order valence-electron chi connectivity index (χ4n) is 9.28. The van der Waals surface area contributed by atoms with Gasteiger partial charge >= 0.3 is 0 Å². The maximum Gasteiger partial charge on any atom is 0.101 e. The summed E-state index contributed by atoms with van der Waals surface area (Å²) in [6.07, 6.45) is 21.8. The van der Waals surface area contributed by atoms with Crippen LogP contribution < -0.4 is 0 Å². The van der Waals surface area contributed by atoms with Gasteiger partial charge in [0.1, 0.15) is 6.07 Å². The maximum atomic E-state index is 12.0. The highest BCUT2D eigenvalue weighted by Crippen LogP contribution is 2.52. The summed E-state index contributed by atoms with van der Waals surface area (Å²) in [5.74, 6) is 0. The van der Waals surface area contributed by atoms with Crippen molar-refractivity contribution in [2.24, 2.45) is 0 Å². The second-order valence-corrected chi connectivity index (χ2v) is 15.8. The lowest BCUT2D eigenvalue weighted by Crippen LogP contribution is -2.12. The molecule has 8 aromatic rings. The largest absolute Gasteiger partial charge is 0.308 e. The van der Waals surface area contributed by atoms with Gasteiger partial charge in [0.15, 0.2) is 0 Å². The van der Waals surface area contributed by atoms with E-state index in [9.17, 15) is 21.0 Å². The number of hydrogen-bond donors (Lipinski definition) is 0. The highest BCUT2D eigenvalue weighted by molar-refractivity contribution is 6.06. The SMILES string of the molecule is C=CC/C=C\c1c(CC)c2ccccc2n1-c1c(-c2ccc(C#N)cc2)c(C#N)c(-c2ccc(C#N)cc2)c(-n2c3c(c4ccccc42)C/C=C\C=C/C/C=C\3)c1-c1ccc(C#N)cc1. The van der Waals surface area contributed by atoms with Crippen molar-refractivity contribution in [1.29, 1.82) is 21.0 Å². The zero-order valence-electron chi connectivity index (χ0n) is 36.0. The number of aromatic nitrogens is 2. The molecule has 0 radical (unpaired) electrons. The van der Waals surface area contributed by atoms with Crippen LogP contribution in [0.4, 0.5) is 0 Å². The second-order valence-electron chi connectivity index (χ2n) is 15.8. The molecule has 0 amide bonds. The Morgan fingerprint density at radius 1 is 0.585 bits per heavy atom. The Balaban J connectivity index is 1.63. The van der Waals surface area contributed by atoms with Gasteiger partial charge in [0.2, 0.25) is 0 Å². The first-order valence-corrected chi connectivity index (χ1v) is 21.7. The lowest BCUT2D eigenvalue weighted by Gasteiger charge is -2.29. The minimum absolute atomic E-state index is 0.428. The summed E-state index contributed by atoms with van der Waals surface area (Å²) >= 11 is 0. The van der Waals surface area contributed by atoms with Gasteiger partial charge in [-0.25, -0.2) is 0 Å². The van der Waals surface area contributed by atoms with E-state index in [1.165, 1.54) is 0 Å². The highest BCUT2D eigenvalue weighted by atomic mass is 15.0. The van der Waals surface area contributed by atoms with E-state index in [-0.39, 0.29) is 0 Å². The molecule has 308 valence electrons. The third kappa shape index (κ3) is 7.37. The van der Waals surface area contributed by atoms with Crippen molar-refractivity contribution in [3.8, 4) is 69.0 Å². The molecule has 6 aromatic carbocycles. The molecule has 6 nitrogen and oxygen atoms in total. The molecule has 0 atom stereocenters. The highest BCUT2D eigenvalue weighted by Gasteiger charge is 2.33. The third-order valence-electron chi connectivity index (χ3n) is 12.1. The second kappa shape index (κ2) is 18.2. The fourth-order valence-corrected chi connectivity index (χ4v) is 9.28. The minimum Gasteiger partial charge on any atom is -0.308 e. The fraction of sp³-hybridized carbons (Fsp3) is 0.0847. The van der Waals surface area contributed by atoms with Crippen LogP contribution in [0, 0.1) is 45.3 Å². The van der Waals surface area contributed by atoms with Crippen LogP contribution in [0.1, 0.15) is 64.5 Å². The number of fused-ring (bicyclic) bond motifs is 4. The normalized spacial score (nSPS) is 13.6. The van der Waals surface area contributed by atoms with Crippen LogP contribution in [0.2, 0.25) is 0 Å². The van der Waals surface area contributed by atoms with Crippen LogP contribution in [0.3, 0.4) is 0 Å². The summed E-state index contributed by atoms with van der Waals surface area (Å²) in [6.45, 7) is 6.19. The van der Waals surface area contributed by atoms with E-state index in [0.29, 0.717) is 46.2 Å². The number of allylic oxidation sites excluding steroid dienone is 7. The minimum atomic E-state index is 0.428. The quantitative estimate of drug-likeness (QED) is 0.135. The number of para-hydroxylation sites is 2. The van der Waals surface area contributed by atoms with E-state index in [1.54, 1.807) is 24.3 Å². The summed E-state index contributed by atoms with van der Waals surface area (Å²) in [4.78, 5) is 0. The first-order chi connectivity index (χ1) is 32.0. The lowest BCUT2D eigenvalue weighted by atomic mass is 9.83. The number of hydrogen-bond acceptors (Lipinski definition) is 4. The number of aryl methyl sites for hydroxylation is 1. The molecule has 9 rings (SSSR count). The van der Waals surface area contributed by atoms with E-state index in [4.69, 9.17) is 0 Å². The van der Waals surface area contributed by atoms with E-state index in [1.807, 2.05) is 54.6 Å². The van der Waals surface area contributed by atoms with Crippen molar-refractivity contribution >= 4 is 34.0 Å². The molecule has 1 aliphatic carbocycles. The summed E-state index contributed by atoms with van der Waals surface area (Å²) in [6, 6.07) is 49.2. The Morgan fingerprint density at radius 3 is 1.66 bits per heavy atom. The van der Waals surface area contributed by atoms with Crippen LogP contribution in [0.25, 0.3) is 78.7 Å². The average Bonchev–Trinajstić information content (AvgIpc) is 3.85. The van der Waals surface area contributed by atoms with E-state index in [2.05, 4.69) is 144 Å². The third-order valence-corrected chi connectivity index (χ3v) is 12.1. The molecule has 0 aliphatic heterocycles. The van der Waals surface area contributed by atoms with Gasteiger partial charge in [-0.1, -0.05) is 122 Å². The first kappa shape index (κ1) is 41.4. The van der Waals surface area contributed by atoms with Crippen LogP contribution in [0.15, 0.2) is 170 Å². The van der Waals surface area contributed by atoms with Crippen molar-refractivity contribution in [1.82, 2.24) is 9.13 Å². The number of rotatable bonds is 9. The number of nitriles is 4. The van der Waals surface area contributed by atoms with Gasteiger partial charge in [0.25, 0.3) is 0 Å². The van der Waals surface area contributed by atoms with Crippen LogP contribution in [-0.4, -0.2) is 9.13 Å². The van der Waals surface area contributed by atoms with Gasteiger partial charge < -0.3 is 9.13 Å². The zero-order valence-corrected chi connectivity index (χ0v) is 36.0. The molecule has 0 spiro atoms. The predicted octanol–water partition coefficient (Wildman–Crippen LogP) is 14.3. The first-order valence-electron chi connectivity index (χ1n) is 21.7. The van der Waals surface area contributed by atoms with Gasteiger partial charge in [-0.3, -0.25) is 0 Å². The van der Waals surface area contributed by atoms with E-state index >= 15 is 0 Å². The molecule has 0 unspecified atom stereocenters. The summed E-state index contributed by atoms with van der Waals surface area (Å²) in [5, 5.41) is 44.3. The summed E-state index contributed by atoms with van der Waals surface area (Å²) in [5.41, 5.74) is 14.2. The van der Waals surface area contributed by atoms with Gasteiger partial charge in [-0.05, 0) is 114 Å². The monoisotopic (exact) mass is 834 g/mol. The molecule has 0 saturated heterocycles. The Morgan fingerprint density at radius 2 is 1.11 bits per heavy atom. The molecule has 1 aliphatic rings. The molecular weight excluding hydrogens is 793 g/mol. The van der Waals surface area contributed by atoms with Crippen molar-refractivity contribution in [3.05, 3.63) is 215 Å².